The van der Waals surface area contributed by atoms with E-state index in [2.05, 4.69) is 4.72 Å². The van der Waals surface area contributed by atoms with Crippen LogP contribution in [0.1, 0.15) is 21.5 Å². The van der Waals surface area contributed by atoms with Crippen LogP contribution in [0.4, 0.5) is 5.69 Å². The number of fused-ring (bicyclic) bond motifs is 2. The maximum absolute atomic E-state index is 12.2. The molecule has 0 bridgehead atoms. The van der Waals surface area contributed by atoms with Crippen molar-refractivity contribution in [3.8, 4) is 11.5 Å². The summed E-state index contributed by atoms with van der Waals surface area (Å²) in [7, 11) is -3.34. The van der Waals surface area contributed by atoms with Gasteiger partial charge in [0, 0.05) is 5.56 Å². The van der Waals surface area contributed by atoms with Crippen LogP contribution in [0.2, 0.25) is 0 Å². The number of para-hydroxylation sites is 1. The van der Waals surface area contributed by atoms with Gasteiger partial charge in [-0.2, -0.15) is 0 Å². The number of carbonyl (C=O) groups excluding carboxylic acids is 1. The number of nitrogens with one attached hydrogen (secondary N) is 1. The van der Waals surface area contributed by atoms with Gasteiger partial charge in [0.05, 0.1) is 17.0 Å². The van der Waals surface area contributed by atoms with Gasteiger partial charge >= 0.3 is 5.97 Å². The molecule has 2 aromatic rings. The summed E-state index contributed by atoms with van der Waals surface area (Å²) in [5, 5.41) is 0. The van der Waals surface area contributed by atoms with E-state index < -0.39 is 16.0 Å². The van der Waals surface area contributed by atoms with Crippen LogP contribution in [0.15, 0.2) is 36.4 Å². The Morgan fingerprint density at radius 3 is 2.96 bits per heavy atom. The highest BCUT2D eigenvalue weighted by Crippen LogP contribution is 2.35. The lowest BCUT2D eigenvalue weighted by atomic mass is 10.1. The lowest BCUT2D eigenvalue weighted by Gasteiger charge is -2.08. The third kappa shape index (κ3) is 2.65. The van der Waals surface area contributed by atoms with Crippen molar-refractivity contribution >= 4 is 21.7 Å². The minimum Gasteiger partial charge on any atom is -0.457 e. The molecule has 1 N–H and O–H groups in total. The Morgan fingerprint density at radius 2 is 2.08 bits per heavy atom. The van der Waals surface area contributed by atoms with Crippen LogP contribution >= 0.6 is 0 Å². The molecule has 124 valence electrons. The highest BCUT2D eigenvalue weighted by Gasteiger charge is 2.25. The van der Waals surface area contributed by atoms with Crippen LogP contribution < -0.4 is 14.2 Å². The number of hydrogen-bond acceptors (Lipinski definition) is 6. The van der Waals surface area contributed by atoms with Gasteiger partial charge in [0.1, 0.15) is 6.61 Å². The smallest absolute Gasteiger partial charge is 0.338 e. The van der Waals surface area contributed by atoms with Crippen molar-refractivity contribution in [3.05, 3.63) is 53.1 Å². The minimum atomic E-state index is -3.34. The van der Waals surface area contributed by atoms with E-state index in [1.165, 1.54) is 6.07 Å². The Morgan fingerprint density at radius 1 is 1.21 bits per heavy atom. The first-order valence-electron chi connectivity index (χ1n) is 7.20. The van der Waals surface area contributed by atoms with E-state index in [4.69, 9.17) is 14.2 Å². The fourth-order valence-electron chi connectivity index (χ4n) is 2.66. The van der Waals surface area contributed by atoms with Crippen LogP contribution in [0, 0.1) is 0 Å². The summed E-state index contributed by atoms with van der Waals surface area (Å²) in [6.07, 6.45) is 0. The Labute approximate surface area is 138 Å². The predicted octanol–water partition coefficient (Wildman–Crippen LogP) is 2.03. The Kier molecular flexibility index (Phi) is 3.34. The number of esters is 1. The third-order valence-electron chi connectivity index (χ3n) is 3.79. The van der Waals surface area contributed by atoms with Gasteiger partial charge in [-0.1, -0.05) is 18.2 Å². The standard InChI is InChI=1S/C16H13NO6S/c18-16(10-4-5-12-8-24(19,20)17-13(12)6-10)21-7-11-2-1-3-14-15(11)23-9-22-14/h1-6,17H,7-9H2. The molecular formula is C16H13NO6S. The van der Waals surface area contributed by atoms with E-state index in [-0.39, 0.29) is 24.7 Å². The van der Waals surface area contributed by atoms with Crippen molar-refractivity contribution in [1.29, 1.82) is 0 Å². The number of anilines is 1. The highest BCUT2D eigenvalue weighted by molar-refractivity contribution is 7.92. The van der Waals surface area contributed by atoms with Crippen molar-refractivity contribution in [2.75, 3.05) is 11.5 Å². The van der Waals surface area contributed by atoms with Crippen molar-refractivity contribution in [1.82, 2.24) is 0 Å². The summed E-state index contributed by atoms with van der Waals surface area (Å²) in [6, 6.07) is 10.0. The molecule has 24 heavy (non-hydrogen) atoms. The zero-order chi connectivity index (χ0) is 16.7. The fourth-order valence-corrected chi connectivity index (χ4v) is 3.92. The van der Waals surface area contributed by atoms with E-state index in [0.29, 0.717) is 28.3 Å². The quantitative estimate of drug-likeness (QED) is 0.854. The topological polar surface area (TPSA) is 90.9 Å². The minimum absolute atomic E-state index is 0.0359. The SMILES string of the molecule is O=C(OCc1cccc2c1OCO2)c1ccc2c(c1)NS(=O)(=O)C2. The molecule has 2 aromatic carbocycles. The lowest BCUT2D eigenvalue weighted by Crippen LogP contribution is -2.07. The van der Waals surface area contributed by atoms with Gasteiger partial charge in [-0.25, -0.2) is 13.2 Å². The Bertz CT molecular complexity index is 938. The summed E-state index contributed by atoms with van der Waals surface area (Å²) in [4.78, 5) is 12.2. The zero-order valence-electron chi connectivity index (χ0n) is 12.4. The largest absolute Gasteiger partial charge is 0.457 e. The molecule has 2 aliphatic heterocycles. The van der Waals surface area contributed by atoms with Crippen molar-refractivity contribution in [2.24, 2.45) is 0 Å². The van der Waals surface area contributed by atoms with Gasteiger partial charge in [0.15, 0.2) is 11.5 Å². The van der Waals surface area contributed by atoms with Gasteiger partial charge < -0.3 is 14.2 Å². The van der Waals surface area contributed by atoms with E-state index in [1.54, 1.807) is 30.3 Å². The number of rotatable bonds is 3. The molecule has 8 heteroatoms. The van der Waals surface area contributed by atoms with Gasteiger partial charge in [-0.3, -0.25) is 4.72 Å². The van der Waals surface area contributed by atoms with Crippen LogP contribution in [0.5, 0.6) is 11.5 Å². The average Bonchev–Trinajstić information content (AvgIpc) is 3.13. The second-order valence-electron chi connectivity index (χ2n) is 5.46. The zero-order valence-corrected chi connectivity index (χ0v) is 13.3. The van der Waals surface area contributed by atoms with Crippen LogP contribution in [0.25, 0.3) is 0 Å². The maximum Gasteiger partial charge on any atom is 0.338 e. The molecule has 0 fully saturated rings. The monoisotopic (exact) mass is 347 g/mol. The van der Waals surface area contributed by atoms with Crippen molar-refractivity contribution < 1.29 is 27.4 Å². The summed E-state index contributed by atoms with van der Waals surface area (Å²) < 4.78 is 41.4. The molecule has 0 aliphatic carbocycles. The fraction of sp³-hybridized carbons (Fsp3) is 0.188. The van der Waals surface area contributed by atoms with Gasteiger partial charge in [-0.05, 0) is 23.8 Å². The van der Waals surface area contributed by atoms with Crippen molar-refractivity contribution in [2.45, 2.75) is 12.4 Å². The Balaban J connectivity index is 1.49. The number of benzene rings is 2. The van der Waals surface area contributed by atoms with Crippen molar-refractivity contribution in [3.63, 3.8) is 0 Å². The van der Waals surface area contributed by atoms with E-state index in [0.717, 1.165) is 0 Å². The highest BCUT2D eigenvalue weighted by atomic mass is 32.2. The molecule has 0 spiro atoms. The van der Waals surface area contributed by atoms with E-state index in [9.17, 15) is 13.2 Å². The van der Waals surface area contributed by atoms with Gasteiger partial charge in [0.2, 0.25) is 16.8 Å². The van der Waals surface area contributed by atoms with Gasteiger partial charge in [0.25, 0.3) is 0 Å². The first-order chi connectivity index (χ1) is 11.5. The Hall–Kier alpha value is -2.74. The normalized spacial score (nSPS) is 16.3. The maximum atomic E-state index is 12.2. The van der Waals surface area contributed by atoms with E-state index in [1.807, 2.05) is 0 Å². The summed E-state index contributed by atoms with van der Waals surface area (Å²) in [5.41, 5.74) is 2.04. The first-order valence-corrected chi connectivity index (χ1v) is 8.85. The third-order valence-corrected chi connectivity index (χ3v) is 5.02. The average molecular weight is 347 g/mol. The predicted molar refractivity (Wildman–Crippen MR) is 84.4 cm³/mol. The van der Waals surface area contributed by atoms with Crippen LogP contribution in [-0.4, -0.2) is 21.2 Å². The molecule has 4 rings (SSSR count). The van der Waals surface area contributed by atoms with Gasteiger partial charge in [-0.15, -0.1) is 0 Å². The molecule has 0 saturated heterocycles. The molecule has 0 amide bonds. The number of ether oxygens (including phenoxy) is 3. The number of hydrogen-bond donors (Lipinski definition) is 1. The molecule has 0 saturated carbocycles. The first kappa shape index (κ1) is 14.8. The molecular weight excluding hydrogens is 334 g/mol. The second kappa shape index (κ2) is 5.41. The second-order valence-corrected chi connectivity index (χ2v) is 7.18. The molecule has 0 atom stereocenters. The molecule has 2 aliphatic rings. The molecule has 2 heterocycles. The molecule has 0 radical (unpaired) electrons. The van der Waals surface area contributed by atoms with E-state index >= 15 is 0 Å². The van der Waals surface area contributed by atoms with Crippen LogP contribution in [-0.2, 0) is 27.1 Å². The molecule has 0 aromatic heterocycles. The summed E-state index contributed by atoms with van der Waals surface area (Å²) in [6.45, 7) is 0.180. The number of carbonyl (C=O) groups is 1. The van der Waals surface area contributed by atoms with Crippen LogP contribution in [0.3, 0.4) is 0 Å². The molecule has 0 unspecified atom stereocenters. The lowest BCUT2D eigenvalue weighted by molar-refractivity contribution is 0.0469. The summed E-state index contributed by atoms with van der Waals surface area (Å²) >= 11 is 0. The molecule has 7 nitrogen and oxygen atoms in total. The number of sulfonamides is 1. The summed E-state index contributed by atoms with van der Waals surface area (Å²) in [5.74, 6) is 0.577.